The van der Waals surface area contributed by atoms with E-state index in [1.165, 1.54) is 0 Å². The van der Waals surface area contributed by atoms with Gasteiger partial charge in [-0.3, -0.25) is 4.90 Å². The molecule has 1 aliphatic heterocycles. The van der Waals surface area contributed by atoms with Gasteiger partial charge in [0.1, 0.15) is 5.60 Å². The molecule has 0 spiro atoms. The maximum atomic E-state index is 11.1. The van der Waals surface area contributed by atoms with Crippen molar-refractivity contribution < 1.29 is 38.3 Å². The Bertz CT molecular complexity index is 248. The average Bonchev–Trinajstić information content (AvgIpc) is 2.58. The fourth-order valence-corrected chi connectivity index (χ4v) is 0.863. The van der Waals surface area contributed by atoms with Gasteiger partial charge in [0, 0.05) is 0 Å². The van der Waals surface area contributed by atoms with Crippen molar-refractivity contribution in [2.45, 2.75) is 32.4 Å². The molecule has 1 atom stereocenters. The molecule has 1 heterocycles. The molecule has 1 aliphatic rings. The third-order valence-corrected chi connectivity index (χ3v) is 1.51. The van der Waals surface area contributed by atoms with E-state index < -0.39 is 23.7 Å². The minimum absolute atomic E-state index is 0. The van der Waals surface area contributed by atoms with Gasteiger partial charge in [0.2, 0.25) is 0 Å². The van der Waals surface area contributed by atoms with E-state index in [0.717, 1.165) is 4.90 Å². The minimum Gasteiger partial charge on any atom is -0.548 e. The predicted molar refractivity (Wildman–Crippen MR) is 41.7 cm³/mol. The Labute approximate surface area is 94.6 Å². The zero-order valence-corrected chi connectivity index (χ0v) is 8.86. The van der Waals surface area contributed by atoms with Crippen LogP contribution in [0.3, 0.4) is 0 Å². The zero-order valence-electron chi connectivity index (χ0n) is 8.86. The fourth-order valence-electron chi connectivity index (χ4n) is 0.863. The SMILES string of the molecule is CC(C)(C)OC(=O)N1C[C@H]1C(=O)[O-].[Li+]. The van der Waals surface area contributed by atoms with Crippen LogP contribution < -0.4 is 24.0 Å². The van der Waals surface area contributed by atoms with Crippen LogP contribution >= 0.6 is 0 Å². The molecule has 14 heavy (non-hydrogen) atoms. The van der Waals surface area contributed by atoms with Crippen LogP contribution in [0.25, 0.3) is 0 Å². The summed E-state index contributed by atoms with van der Waals surface area (Å²) < 4.78 is 4.94. The molecule has 0 aliphatic carbocycles. The Balaban J connectivity index is 0.00000169. The molecule has 0 unspecified atom stereocenters. The summed E-state index contributed by atoms with van der Waals surface area (Å²) in [5, 5.41) is 10.3. The number of carbonyl (C=O) groups is 2. The average molecular weight is 193 g/mol. The van der Waals surface area contributed by atoms with Crippen molar-refractivity contribution in [1.82, 2.24) is 4.90 Å². The summed E-state index contributed by atoms with van der Waals surface area (Å²) in [7, 11) is 0. The smallest absolute Gasteiger partial charge is 0.548 e. The topological polar surface area (TPSA) is 69.4 Å². The van der Waals surface area contributed by atoms with Crippen LogP contribution in [0, 0.1) is 0 Å². The quantitative estimate of drug-likeness (QED) is 0.318. The fraction of sp³-hybridized carbons (Fsp3) is 0.750. The number of hydrogen-bond donors (Lipinski definition) is 0. The van der Waals surface area contributed by atoms with E-state index in [0.29, 0.717) is 0 Å². The van der Waals surface area contributed by atoms with Gasteiger partial charge in [0.05, 0.1) is 18.6 Å². The maximum absolute atomic E-state index is 11.1. The van der Waals surface area contributed by atoms with E-state index in [9.17, 15) is 14.7 Å². The van der Waals surface area contributed by atoms with E-state index in [2.05, 4.69) is 0 Å². The minimum atomic E-state index is -1.23. The molecule has 6 heteroatoms. The number of ether oxygens (including phenoxy) is 1. The van der Waals surface area contributed by atoms with Crippen molar-refractivity contribution in [3.63, 3.8) is 0 Å². The van der Waals surface area contributed by atoms with Gasteiger partial charge in [-0.2, -0.15) is 0 Å². The number of nitrogens with zero attached hydrogens (tertiary/aromatic N) is 1. The third-order valence-electron chi connectivity index (χ3n) is 1.51. The number of amides is 1. The monoisotopic (exact) mass is 193 g/mol. The summed E-state index contributed by atoms with van der Waals surface area (Å²) in [5.74, 6) is -1.23. The zero-order chi connectivity index (χ0) is 10.2. The molecule has 0 radical (unpaired) electrons. The molecule has 0 bridgehead atoms. The van der Waals surface area contributed by atoms with Crippen molar-refractivity contribution in [1.29, 1.82) is 0 Å². The number of carboxylic acids is 1. The van der Waals surface area contributed by atoms with E-state index in [1.54, 1.807) is 20.8 Å². The van der Waals surface area contributed by atoms with Crippen molar-refractivity contribution >= 4 is 12.1 Å². The molecule has 1 fully saturated rings. The van der Waals surface area contributed by atoms with Crippen LogP contribution in [0.4, 0.5) is 4.79 Å². The van der Waals surface area contributed by atoms with Gasteiger partial charge in [-0.15, -0.1) is 0 Å². The second-order valence-corrected chi connectivity index (χ2v) is 3.97. The standard InChI is InChI=1S/C8H13NO4.Li/c1-8(2,3)13-7(12)9-4-5(9)6(10)11;/h5H,4H2,1-3H3,(H,10,11);/q;+1/p-1/t5-,9?;/m0./s1. The van der Waals surface area contributed by atoms with Crippen LogP contribution in [-0.4, -0.2) is 35.2 Å². The second-order valence-electron chi connectivity index (χ2n) is 3.97. The van der Waals surface area contributed by atoms with Crippen LogP contribution in [0.2, 0.25) is 0 Å². The second kappa shape index (κ2) is 4.24. The van der Waals surface area contributed by atoms with Crippen molar-refractivity contribution in [2.24, 2.45) is 0 Å². The van der Waals surface area contributed by atoms with Gasteiger partial charge in [-0.1, -0.05) is 0 Å². The Kier molecular flexibility index (Phi) is 4.04. The molecule has 74 valence electrons. The van der Waals surface area contributed by atoms with Crippen LogP contribution in [0.1, 0.15) is 20.8 Å². The largest absolute Gasteiger partial charge is 1.00 e. The van der Waals surface area contributed by atoms with E-state index >= 15 is 0 Å². The predicted octanol–water partition coefficient (Wildman–Crippen LogP) is -3.64. The van der Waals surface area contributed by atoms with Gasteiger partial charge in [-0.05, 0) is 20.8 Å². The first-order valence-corrected chi connectivity index (χ1v) is 4.02. The van der Waals surface area contributed by atoms with Crippen LogP contribution in [-0.2, 0) is 9.53 Å². The summed E-state index contributed by atoms with van der Waals surface area (Å²) in [6.07, 6.45) is -0.596. The molecule has 0 saturated carbocycles. The molecule has 5 nitrogen and oxygen atoms in total. The maximum Gasteiger partial charge on any atom is 1.00 e. The Morgan fingerprint density at radius 2 is 1.93 bits per heavy atom. The number of carbonyl (C=O) groups excluding carboxylic acids is 2. The van der Waals surface area contributed by atoms with Crippen molar-refractivity contribution in [2.75, 3.05) is 6.54 Å². The van der Waals surface area contributed by atoms with Crippen LogP contribution in [0.5, 0.6) is 0 Å². The first-order valence-electron chi connectivity index (χ1n) is 4.02. The number of rotatable bonds is 1. The molecular formula is C8H12LiNO4. The molecule has 1 rings (SSSR count). The molecule has 0 aromatic carbocycles. The van der Waals surface area contributed by atoms with Crippen molar-refractivity contribution in [3.8, 4) is 0 Å². The van der Waals surface area contributed by atoms with Gasteiger partial charge in [0.25, 0.3) is 0 Å². The molecule has 0 aromatic heterocycles. The summed E-state index contributed by atoms with van der Waals surface area (Å²) in [6, 6.07) is -0.796. The summed E-state index contributed by atoms with van der Waals surface area (Å²) >= 11 is 0. The number of hydrogen-bond acceptors (Lipinski definition) is 4. The summed E-state index contributed by atoms with van der Waals surface area (Å²) in [6.45, 7) is 5.37. The first kappa shape index (κ1) is 13.3. The Morgan fingerprint density at radius 3 is 2.21 bits per heavy atom. The van der Waals surface area contributed by atoms with E-state index in [-0.39, 0.29) is 25.4 Å². The number of carboxylic acid groups (broad SMARTS) is 1. The molecule has 0 N–H and O–H groups in total. The van der Waals surface area contributed by atoms with Gasteiger partial charge in [0.15, 0.2) is 0 Å². The van der Waals surface area contributed by atoms with E-state index in [1.807, 2.05) is 0 Å². The van der Waals surface area contributed by atoms with Gasteiger partial charge < -0.3 is 14.6 Å². The molecule has 1 amide bonds. The van der Waals surface area contributed by atoms with Gasteiger partial charge >= 0.3 is 25.0 Å². The van der Waals surface area contributed by atoms with Crippen LogP contribution in [0.15, 0.2) is 0 Å². The third kappa shape index (κ3) is 3.60. The first-order chi connectivity index (χ1) is 5.81. The molecule has 0 aromatic rings. The Hall–Kier alpha value is -0.663. The van der Waals surface area contributed by atoms with Gasteiger partial charge in [-0.25, -0.2) is 4.79 Å². The summed E-state index contributed by atoms with van der Waals surface area (Å²) in [4.78, 5) is 22.5. The normalized spacial score (nSPS) is 19.6. The molecule has 1 saturated heterocycles. The molecular weight excluding hydrogens is 181 g/mol. The Morgan fingerprint density at radius 1 is 1.43 bits per heavy atom. The van der Waals surface area contributed by atoms with E-state index in [4.69, 9.17) is 4.74 Å². The number of aliphatic carboxylic acids is 1. The summed E-state index contributed by atoms with van der Waals surface area (Å²) in [5.41, 5.74) is -0.587. The van der Waals surface area contributed by atoms with Crippen molar-refractivity contribution in [3.05, 3.63) is 0 Å².